The van der Waals surface area contributed by atoms with Crippen LogP contribution in [0.15, 0.2) is 45.8 Å². The molecule has 5 nitrogen and oxygen atoms in total. The molecule has 150 valence electrons. The minimum Gasteiger partial charge on any atom is -0.323 e. The molecule has 2 aromatic carbocycles. The van der Waals surface area contributed by atoms with E-state index in [9.17, 15) is 22.0 Å². The summed E-state index contributed by atoms with van der Waals surface area (Å²) in [6, 6.07) is 7.55. The van der Waals surface area contributed by atoms with Crippen LogP contribution in [0.4, 0.5) is 14.5 Å². The topological polar surface area (TPSA) is 66.5 Å². The van der Waals surface area contributed by atoms with Gasteiger partial charge in [-0.1, -0.05) is 27.5 Å². The van der Waals surface area contributed by atoms with Crippen molar-refractivity contribution >= 4 is 49.1 Å². The zero-order valence-corrected chi connectivity index (χ0v) is 17.6. The van der Waals surface area contributed by atoms with Gasteiger partial charge in [0.1, 0.15) is 11.6 Å². The number of benzene rings is 2. The van der Waals surface area contributed by atoms with Gasteiger partial charge in [-0.3, -0.25) is 4.79 Å². The standard InChI is InChI=1S/C18H16BrClF2N2O3S/c19-12-1-4-17(16(22)9-12)23-18(25)11-5-7-24(8-6-11)28(26,27)13-2-3-15(21)14(20)10-13/h1-4,9-11H,5-8H2,(H,23,25). The summed E-state index contributed by atoms with van der Waals surface area (Å²) in [5, 5.41) is 2.27. The first kappa shape index (κ1) is 21.2. The average Bonchev–Trinajstić information content (AvgIpc) is 2.66. The van der Waals surface area contributed by atoms with Gasteiger partial charge >= 0.3 is 0 Å². The lowest BCUT2D eigenvalue weighted by Gasteiger charge is -2.30. The van der Waals surface area contributed by atoms with Crippen molar-refractivity contribution in [1.29, 1.82) is 0 Å². The molecule has 0 spiro atoms. The highest BCUT2D eigenvalue weighted by Crippen LogP contribution is 2.27. The van der Waals surface area contributed by atoms with E-state index in [1.165, 1.54) is 16.4 Å². The average molecular weight is 494 g/mol. The van der Waals surface area contributed by atoms with Crippen molar-refractivity contribution in [1.82, 2.24) is 4.31 Å². The third-order valence-electron chi connectivity index (χ3n) is 4.54. The molecule has 10 heteroatoms. The minimum atomic E-state index is -3.84. The molecule has 2 aromatic rings. The van der Waals surface area contributed by atoms with Crippen LogP contribution in [0, 0.1) is 17.6 Å². The van der Waals surface area contributed by atoms with Crippen molar-refractivity contribution in [3.63, 3.8) is 0 Å². The third-order valence-corrected chi connectivity index (χ3v) is 7.22. The SMILES string of the molecule is O=C(Nc1ccc(Br)cc1F)C1CCN(S(=O)(=O)c2ccc(F)c(Cl)c2)CC1. The van der Waals surface area contributed by atoms with Crippen LogP contribution >= 0.6 is 27.5 Å². The first-order chi connectivity index (χ1) is 13.2. The molecule has 1 aliphatic rings. The molecule has 0 aliphatic carbocycles. The maximum absolute atomic E-state index is 13.9. The smallest absolute Gasteiger partial charge is 0.243 e. The highest BCUT2D eigenvalue weighted by Gasteiger charge is 2.32. The van der Waals surface area contributed by atoms with E-state index in [1.807, 2.05) is 0 Å². The molecule has 3 rings (SSSR count). The summed E-state index contributed by atoms with van der Waals surface area (Å²) >= 11 is 8.83. The highest BCUT2D eigenvalue weighted by molar-refractivity contribution is 9.10. The second-order valence-electron chi connectivity index (χ2n) is 6.37. The summed E-state index contributed by atoms with van der Waals surface area (Å²) in [5.74, 6) is -2.05. The quantitative estimate of drug-likeness (QED) is 0.686. The number of carbonyl (C=O) groups excluding carboxylic acids is 1. The van der Waals surface area contributed by atoms with E-state index in [0.717, 1.165) is 18.2 Å². The molecule has 0 unspecified atom stereocenters. The Morgan fingerprint density at radius 3 is 2.39 bits per heavy atom. The van der Waals surface area contributed by atoms with E-state index >= 15 is 0 Å². The molecule has 0 atom stereocenters. The van der Waals surface area contributed by atoms with Crippen molar-refractivity contribution in [2.24, 2.45) is 5.92 Å². The van der Waals surface area contributed by atoms with E-state index in [-0.39, 0.29) is 47.4 Å². The number of hydrogen-bond donors (Lipinski definition) is 1. The zero-order chi connectivity index (χ0) is 20.5. The van der Waals surface area contributed by atoms with Crippen LogP contribution in [0.5, 0.6) is 0 Å². The Kier molecular flexibility index (Phi) is 6.38. The van der Waals surface area contributed by atoms with Crippen molar-refractivity contribution in [3.05, 3.63) is 57.5 Å². The summed E-state index contributed by atoms with van der Waals surface area (Å²) < 4.78 is 54.3. The number of piperidine rings is 1. The number of hydrogen-bond acceptors (Lipinski definition) is 3. The normalized spacial score (nSPS) is 16.1. The number of nitrogens with zero attached hydrogens (tertiary/aromatic N) is 1. The van der Waals surface area contributed by atoms with Crippen LogP contribution in [0.3, 0.4) is 0 Å². The monoisotopic (exact) mass is 492 g/mol. The van der Waals surface area contributed by atoms with Crippen LogP contribution in [-0.4, -0.2) is 31.7 Å². The first-order valence-electron chi connectivity index (χ1n) is 8.39. The predicted molar refractivity (Wildman–Crippen MR) is 106 cm³/mol. The second kappa shape index (κ2) is 8.44. The number of sulfonamides is 1. The number of nitrogens with one attached hydrogen (secondary N) is 1. The van der Waals surface area contributed by atoms with E-state index in [4.69, 9.17) is 11.6 Å². The molecular formula is C18H16BrClF2N2O3S. The Hall–Kier alpha value is -1.55. The number of halogens is 4. The fraction of sp³-hybridized carbons (Fsp3) is 0.278. The third kappa shape index (κ3) is 4.53. The molecule has 28 heavy (non-hydrogen) atoms. The van der Waals surface area contributed by atoms with E-state index in [1.54, 1.807) is 6.07 Å². The largest absolute Gasteiger partial charge is 0.323 e. The lowest BCUT2D eigenvalue weighted by atomic mass is 9.97. The molecule has 1 aliphatic heterocycles. The van der Waals surface area contributed by atoms with Gasteiger partial charge in [-0.25, -0.2) is 17.2 Å². The highest BCUT2D eigenvalue weighted by atomic mass is 79.9. The Morgan fingerprint density at radius 2 is 1.79 bits per heavy atom. The zero-order valence-electron chi connectivity index (χ0n) is 14.5. The maximum Gasteiger partial charge on any atom is 0.243 e. The van der Waals surface area contributed by atoms with Crippen molar-refractivity contribution in [2.45, 2.75) is 17.7 Å². The summed E-state index contributed by atoms with van der Waals surface area (Å²) in [6.45, 7) is 0.246. The molecule has 0 radical (unpaired) electrons. The summed E-state index contributed by atoms with van der Waals surface area (Å²) in [5.41, 5.74) is 0.0733. The number of carbonyl (C=O) groups is 1. The lowest BCUT2D eigenvalue weighted by molar-refractivity contribution is -0.120. The molecule has 1 heterocycles. The second-order valence-corrected chi connectivity index (χ2v) is 9.63. The summed E-state index contributed by atoms with van der Waals surface area (Å²) in [7, 11) is -3.84. The molecule has 0 bridgehead atoms. The fourth-order valence-corrected chi connectivity index (χ4v) is 5.05. The van der Waals surface area contributed by atoms with Gasteiger partial charge in [0.25, 0.3) is 0 Å². The molecule has 0 saturated carbocycles. The van der Waals surface area contributed by atoms with Gasteiger partial charge in [-0.15, -0.1) is 0 Å². The van der Waals surface area contributed by atoms with Crippen LogP contribution in [-0.2, 0) is 14.8 Å². The molecule has 1 N–H and O–H groups in total. The van der Waals surface area contributed by atoms with Crippen molar-refractivity contribution < 1.29 is 22.0 Å². The summed E-state index contributed by atoms with van der Waals surface area (Å²) in [6.07, 6.45) is 0.580. The van der Waals surface area contributed by atoms with Crippen LogP contribution in [0.2, 0.25) is 5.02 Å². The Balaban J connectivity index is 1.64. The van der Waals surface area contributed by atoms with Crippen molar-refractivity contribution in [2.75, 3.05) is 18.4 Å². The number of anilines is 1. The van der Waals surface area contributed by atoms with Gasteiger partial charge in [0, 0.05) is 23.5 Å². The molecule has 1 fully saturated rings. The van der Waals surface area contributed by atoms with Crippen LogP contribution in [0.25, 0.3) is 0 Å². The van der Waals surface area contributed by atoms with Gasteiger partial charge in [0.2, 0.25) is 15.9 Å². The molecule has 0 aromatic heterocycles. The number of amides is 1. The lowest BCUT2D eigenvalue weighted by Crippen LogP contribution is -2.41. The molecule has 1 saturated heterocycles. The van der Waals surface area contributed by atoms with E-state index in [0.29, 0.717) is 4.47 Å². The van der Waals surface area contributed by atoms with Crippen LogP contribution in [0.1, 0.15) is 12.8 Å². The molecule has 1 amide bonds. The van der Waals surface area contributed by atoms with Crippen molar-refractivity contribution in [3.8, 4) is 0 Å². The first-order valence-corrected chi connectivity index (χ1v) is 11.0. The van der Waals surface area contributed by atoms with E-state index < -0.39 is 27.6 Å². The Morgan fingerprint density at radius 1 is 1.11 bits per heavy atom. The Labute approximate surface area is 174 Å². The fourth-order valence-electron chi connectivity index (χ4n) is 2.97. The van der Waals surface area contributed by atoms with Gasteiger partial charge in [0.05, 0.1) is 15.6 Å². The number of rotatable bonds is 4. The minimum absolute atomic E-state index is 0.0733. The van der Waals surface area contributed by atoms with Gasteiger partial charge in [-0.2, -0.15) is 4.31 Å². The van der Waals surface area contributed by atoms with Gasteiger partial charge < -0.3 is 5.32 Å². The maximum atomic E-state index is 13.9. The predicted octanol–water partition coefficient (Wildman–Crippen LogP) is 4.42. The Bertz CT molecular complexity index is 1010. The summed E-state index contributed by atoms with van der Waals surface area (Å²) in [4.78, 5) is 12.3. The molecular weight excluding hydrogens is 478 g/mol. The van der Waals surface area contributed by atoms with E-state index in [2.05, 4.69) is 21.2 Å². The van der Waals surface area contributed by atoms with Gasteiger partial charge in [0.15, 0.2) is 0 Å². The van der Waals surface area contributed by atoms with Crippen LogP contribution < -0.4 is 5.32 Å². The van der Waals surface area contributed by atoms with Gasteiger partial charge in [-0.05, 0) is 49.2 Å².